The molecule has 0 bridgehead atoms. The van der Waals surface area contributed by atoms with Gasteiger partial charge in [-0.1, -0.05) is 12.1 Å². The van der Waals surface area contributed by atoms with Gasteiger partial charge in [0.05, 0.1) is 6.54 Å². The Morgan fingerprint density at radius 1 is 1.09 bits per heavy atom. The number of carbonyl (C=O) groups is 3. The highest BCUT2D eigenvalue weighted by atomic mass is 16.2. The Morgan fingerprint density at radius 2 is 1.87 bits per heavy atom. The molecule has 1 aromatic rings. The number of carbonyl (C=O) groups excluding carboxylic acids is 3. The number of amides is 3. The first-order valence-corrected chi connectivity index (χ1v) is 8.42. The van der Waals surface area contributed by atoms with E-state index < -0.39 is 0 Å². The normalized spacial score (nSPS) is 23.2. The molecule has 5 heteroatoms. The number of ketones is 1. The second-order valence-electron chi connectivity index (χ2n) is 6.67. The Kier molecular flexibility index (Phi) is 3.43. The molecule has 2 heterocycles. The van der Waals surface area contributed by atoms with Crippen LogP contribution in [0, 0.1) is 0 Å². The van der Waals surface area contributed by atoms with Gasteiger partial charge in [-0.25, -0.2) is 4.79 Å². The van der Waals surface area contributed by atoms with Crippen molar-refractivity contribution in [3.8, 4) is 0 Å². The van der Waals surface area contributed by atoms with Gasteiger partial charge in [0.25, 0.3) is 5.91 Å². The number of fused-ring (bicyclic) bond motifs is 2. The zero-order valence-electron chi connectivity index (χ0n) is 13.1. The van der Waals surface area contributed by atoms with Crippen LogP contribution >= 0.6 is 0 Å². The van der Waals surface area contributed by atoms with Crippen molar-refractivity contribution in [2.45, 2.75) is 44.6 Å². The Hall–Kier alpha value is -2.17. The first-order valence-electron chi connectivity index (χ1n) is 8.42. The third kappa shape index (κ3) is 2.35. The fourth-order valence-electron chi connectivity index (χ4n) is 3.97. The number of hydrogen-bond donors (Lipinski definition) is 0. The van der Waals surface area contributed by atoms with E-state index in [1.807, 2.05) is 18.2 Å². The van der Waals surface area contributed by atoms with Crippen molar-refractivity contribution >= 4 is 17.7 Å². The number of aryl methyl sites for hydroxylation is 2. The lowest BCUT2D eigenvalue weighted by Crippen LogP contribution is -2.37. The van der Waals surface area contributed by atoms with Gasteiger partial charge >= 0.3 is 6.03 Å². The van der Waals surface area contributed by atoms with Gasteiger partial charge in [-0.15, -0.1) is 0 Å². The molecule has 0 saturated carbocycles. The van der Waals surface area contributed by atoms with E-state index in [1.165, 1.54) is 17.5 Å². The predicted octanol–water partition coefficient (Wildman–Crippen LogP) is 2.17. The summed E-state index contributed by atoms with van der Waals surface area (Å²) in [7, 11) is 0. The summed E-state index contributed by atoms with van der Waals surface area (Å²) in [5.74, 6) is -0.361. The smallest absolute Gasteiger partial charge is 0.312 e. The van der Waals surface area contributed by atoms with Crippen LogP contribution in [0.25, 0.3) is 0 Å². The third-order valence-corrected chi connectivity index (χ3v) is 5.25. The molecule has 0 aromatic heterocycles. The minimum absolute atomic E-state index is 0.135. The highest BCUT2D eigenvalue weighted by Gasteiger charge is 2.47. The molecule has 3 amide bonds. The van der Waals surface area contributed by atoms with E-state index in [1.54, 1.807) is 4.90 Å². The minimum Gasteiger partial charge on any atom is -0.312 e. The number of imide groups is 1. The van der Waals surface area contributed by atoms with E-state index in [0.29, 0.717) is 18.5 Å². The Bertz CT molecular complexity index is 676. The summed E-state index contributed by atoms with van der Waals surface area (Å²) in [6, 6.07) is 5.16. The molecule has 1 atom stereocenters. The van der Waals surface area contributed by atoms with Gasteiger partial charge in [-0.3, -0.25) is 14.5 Å². The molecule has 1 aromatic carbocycles. The van der Waals surface area contributed by atoms with Gasteiger partial charge in [0.2, 0.25) is 0 Å². The standard InChI is InChI=1S/C18H20N2O3/c21-16(14-8-7-12-4-1-2-5-13(12)10-14)11-20-17(22)15-6-3-9-19(15)18(20)23/h7-8,10,15H,1-6,9,11H2. The van der Waals surface area contributed by atoms with Crippen molar-refractivity contribution in [3.05, 3.63) is 34.9 Å². The van der Waals surface area contributed by atoms with Gasteiger partial charge in [-0.2, -0.15) is 0 Å². The van der Waals surface area contributed by atoms with Gasteiger partial charge in [0, 0.05) is 12.1 Å². The first-order chi connectivity index (χ1) is 11.1. The van der Waals surface area contributed by atoms with Gasteiger partial charge in [0.1, 0.15) is 6.04 Å². The summed E-state index contributed by atoms with van der Waals surface area (Å²) in [4.78, 5) is 39.8. The second-order valence-corrected chi connectivity index (χ2v) is 6.67. The van der Waals surface area contributed by atoms with Gasteiger partial charge in [-0.05, 0) is 55.7 Å². The molecular weight excluding hydrogens is 292 g/mol. The SMILES string of the molecule is O=C(CN1C(=O)C2CCCN2C1=O)c1ccc2c(c1)CCCC2. The lowest BCUT2D eigenvalue weighted by atomic mass is 9.90. The Morgan fingerprint density at radius 3 is 2.65 bits per heavy atom. The maximum absolute atomic E-state index is 12.5. The lowest BCUT2D eigenvalue weighted by Gasteiger charge is -2.18. The van der Waals surface area contributed by atoms with Crippen molar-refractivity contribution < 1.29 is 14.4 Å². The molecule has 1 aliphatic carbocycles. The first kappa shape index (κ1) is 14.4. The number of urea groups is 1. The highest BCUT2D eigenvalue weighted by molar-refractivity contribution is 6.09. The van der Waals surface area contributed by atoms with Crippen molar-refractivity contribution in [2.24, 2.45) is 0 Å². The van der Waals surface area contributed by atoms with Crippen LogP contribution in [0.3, 0.4) is 0 Å². The van der Waals surface area contributed by atoms with Crippen molar-refractivity contribution in [1.82, 2.24) is 9.80 Å². The van der Waals surface area contributed by atoms with E-state index in [2.05, 4.69) is 0 Å². The van der Waals surface area contributed by atoms with Crippen LogP contribution in [-0.4, -0.2) is 46.7 Å². The average molecular weight is 312 g/mol. The van der Waals surface area contributed by atoms with E-state index in [9.17, 15) is 14.4 Å². The molecule has 0 N–H and O–H groups in total. The fourth-order valence-corrected chi connectivity index (χ4v) is 3.97. The summed E-state index contributed by atoms with van der Waals surface area (Å²) in [6.45, 7) is 0.488. The number of benzene rings is 1. The monoisotopic (exact) mass is 312 g/mol. The quantitative estimate of drug-likeness (QED) is 0.635. The van der Waals surface area contributed by atoms with Crippen LogP contribution in [0.5, 0.6) is 0 Å². The Balaban J connectivity index is 1.52. The molecule has 3 aliphatic rings. The number of nitrogens with zero attached hydrogens (tertiary/aromatic N) is 2. The number of hydrogen-bond acceptors (Lipinski definition) is 3. The van der Waals surface area contributed by atoms with E-state index in [0.717, 1.165) is 30.6 Å². The molecule has 5 nitrogen and oxygen atoms in total. The highest BCUT2D eigenvalue weighted by Crippen LogP contribution is 2.28. The van der Waals surface area contributed by atoms with Crippen LogP contribution in [0.2, 0.25) is 0 Å². The summed E-state index contributed by atoms with van der Waals surface area (Å²) in [6.07, 6.45) is 6.03. The molecular formula is C18H20N2O3. The van der Waals surface area contributed by atoms with Crippen LogP contribution in [0.4, 0.5) is 4.79 Å². The molecule has 2 aliphatic heterocycles. The third-order valence-electron chi connectivity index (χ3n) is 5.25. The summed E-state index contributed by atoms with van der Waals surface area (Å²) in [5, 5.41) is 0. The van der Waals surface area contributed by atoms with Crippen molar-refractivity contribution in [2.75, 3.05) is 13.1 Å². The van der Waals surface area contributed by atoms with Gasteiger partial charge < -0.3 is 4.90 Å². The van der Waals surface area contributed by atoms with Crippen molar-refractivity contribution in [3.63, 3.8) is 0 Å². The molecule has 0 radical (unpaired) electrons. The van der Waals surface area contributed by atoms with Crippen LogP contribution < -0.4 is 0 Å². The second kappa shape index (κ2) is 5.48. The van der Waals surface area contributed by atoms with Crippen LogP contribution in [-0.2, 0) is 17.6 Å². The topological polar surface area (TPSA) is 57.7 Å². The molecule has 4 rings (SSSR count). The predicted molar refractivity (Wildman–Crippen MR) is 84.3 cm³/mol. The van der Waals surface area contributed by atoms with Crippen LogP contribution in [0.15, 0.2) is 18.2 Å². The summed E-state index contributed by atoms with van der Waals surface area (Å²) >= 11 is 0. The largest absolute Gasteiger partial charge is 0.327 e. The molecule has 23 heavy (non-hydrogen) atoms. The Labute approximate surface area is 135 Å². The van der Waals surface area contributed by atoms with E-state index in [-0.39, 0.29) is 30.3 Å². The summed E-state index contributed by atoms with van der Waals surface area (Å²) in [5.41, 5.74) is 3.17. The maximum atomic E-state index is 12.5. The fraction of sp³-hybridized carbons (Fsp3) is 0.500. The molecule has 120 valence electrons. The summed E-state index contributed by atoms with van der Waals surface area (Å²) < 4.78 is 0. The number of Topliss-reactive ketones (excluding diaryl/α,β-unsaturated/α-hetero) is 1. The molecule has 2 fully saturated rings. The van der Waals surface area contributed by atoms with E-state index >= 15 is 0 Å². The van der Waals surface area contributed by atoms with E-state index in [4.69, 9.17) is 0 Å². The molecule has 1 unspecified atom stereocenters. The van der Waals surface area contributed by atoms with Crippen molar-refractivity contribution in [1.29, 1.82) is 0 Å². The molecule has 0 spiro atoms. The zero-order chi connectivity index (χ0) is 16.0. The molecule has 2 saturated heterocycles. The zero-order valence-corrected chi connectivity index (χ0v) is 13.1. The minimum atomic E-state index is -0.334. The number of rotatable bonds is 3. The maximum Gasteiger partial charge on any atom is 0.327 e. The van der Waals surface area contributed by atoms with Crippen LogP contribution in [0.1, 0.15) is 47.2 Å². The lowest BCUT2D eigenvalue weighted by molar-refractivity contribution is -0.127. The van der Waals surface area contributed by atoms with Gasteiger partial charge in [0.15, 0.2) is 5.78 Å². The average Bonchev–Trinajstić information content (AvgIpc) is 3.14.